The number of ether oxygens (including phenoxy) is 1. The van der Waals surface area contributed by atoms with Gasteiger partial charge in [-0.15, -0.1) is 0 Å². The van der Waals surface area contributed by atoms with Crippen molar-refractivity contribution in [3.8, 4) is 22.6 Å². The molecule has 3 aromatic carbocycles. The van der Waals surface area contributed by atoms with Crippen LogP contribution < -0.4 is 10.3 Å². The van der Waals surface area contributed by atoms with Gasteiger partial charge < -0.3 is 9.64 Å². The van der Waals surface area contributed by atoms with E-state index in [9.17, 15) is 4.79 Å². The molecule has 1 aliphatic heterocycles. The Hall–Kier alpha value is -4.16. The lowest BCUT2D eigenvalue weighted by atomic mass is 10.0. The first-order valence-electron chi connectivity index (χ1n) is 13.3. The summed E-state index contributed by atoms with van der Waals surface area (Å²) in [4.78, 5) is 15.7. The standard InChI is InChI=1S/C32H32N4O2/c1-24-19-29(38-23-25-7-3-2-4-8-25)10-11-30(24)26-13-16-35(32(37)21-26)28-9-12-31-27(20-28)22-33-36(31)18-17-34-14-5-6-15-34/h2-4,7-13,16,19-22H,5-6,14-15,17-18,23H2,1H3. The molecule has 0 amide bonds. The van der Waals surface area contributed by atoms with Crippen LogP contribution in [0.25, 0.3) is 27.7 Å². The third-order valence-corrected chi connectivity index (χ3v) is 7.41. The highest BCUT2D eigenvalue weighted by Gasteiger charge is 2.13. The van der Waals surface area contributed by atoms with Crippen LogP contribution in [0.5, 0.6) is 5.75 Å². The summed E-state index contributed by atoms with van der Waals surface area (Å²) in [5.74, 6) is 0.817. The second-order valence-corrected chi connectivity index (χ2v) is 10.0. The Morgan fingerprint density at radius 2 is 1.74 bits per heavy atom. The minimum Gasteiger partial charge on any atom is -0.489 e. The lowest BCUT2D eigenvalue weighted by Crippen LogP contribution is -2.24. The van der Waals surface area contributed by atoms with Gasteiger partial charge in [0.05, 0.1) is 18.3 Å². The van der Waals surface area contributed by atoms with Crippen LogP contribution in [0.3, 0.4) is 0 Å². The van der Waals surface area contributed by atoms with E-state index >= 15 is 0 Å². The van der Waals surface area contributed by atoms with Crippen LogP contribution in [0.1, 0.15) is 24.0 Å². The van der Waals surface area contributed by atoms with Crippen molar-refractivity contribution >= 4 is 10.9 Å². The number of hydrogen-bond donors (Lipinski definition) is 0. The fourth-order valence-electron chi connectivity index (χ4n) is 5.30. The Labute approximate surface area is 222 Å². The molecule has 1 saturated heterocycles. The van der Waals surface area contributed by atoms with E-state index in [0.717, 1.165) is 57.7 Å². The molecular weight excluding hydrogens is 472 g/mol. The summed E-state index contributed by atoms with van der Waals surface area (Å²) >= 11 is 0. The van der Waals surface area contributed by atoms with Crippen LogP contribution in [0.4, 0.5) is 0 Å². The van der Waals surface area contributed by atoms with Crippen molar-refractivity contribution in [3.05, 3.63) is 113 Å². The monoisotopic (exact) mass is 504 g/mol. The predicted molar refractivity (Wildman–Crippen MR) is 152 cm³/mol. The van der Waals surface area contributed by atoms with Crippen LogP contribution in [0, 0.1) is 6.92 Å². The molecule has 0 N–H and O–H groups in total. The summed E-state index contributed by atoms with van der Waals surface area (Å²) in [6.07, 6.45) is 6.35. The minimum atomic E-state index is -0.0629. The summed E-state index contributed by atoms with van der Waals surface area (Å²) in [6, 6.07) is 26.0. The lowest BCUT2D eigenvalue weighted by Gasteiger charge is -2.14. The van der Waals surface area contributed by atoms with Gasteiger partial charge in [0.25, 0.3) is 5.56 Å². The lowest BCUT2D eigenvalue weighted by molar-refractivity contribution is 0.306. The molecule has 6 nitrogen and oxygen atoms in total. The Morgan fingerprint density at radius 1 is 0.895 bits per heavy atom. The molecule has 0 radical (unpaired) electrons. The molecule has 6 rings (SSSR count). The van der Waals surface area contributed by atoms with E-state index in [4.69, 9.17) is 4.74 Å². The molecule has 3 heterocycles. The maximum atomic E-state index is 13.2. The van der Waals surface area contributed by atoms with Crippen molar-refractivity contribution in [2.45, 2.75) is 32.9 Å². The second-order valence-electron chi connectivity index (χ2n) is 10.0. The molecular formula is C32H32N4O2. The number of aryl methyl sites for hydroxylation is 1. The molecule has 0 atom stereocenters. The zero-order valence-corrected chi connectivity index (χ0v) is 21.7. The number of hydrogen-bond acceptors (Lipinski definition) is 4. The third-order valence-electron chi connectivity index (χ3n) is 7.41. The number of nitrogens with zero attached hydrogens (tertiary/aromatic N) is 4. The van der Waals surface area contributed by atoms with Gasteiger partial charge in [-0.25, -0.2) is 0 Å². The van der Waals surface area contributed by atoms with E-state index in [0.29, 0.717) is 6.61 Å². The Bertz CT molecular complexity index is 1610. The molecule has 0 unspecified atom stereocenters. The first-order valence-corrected chi connectivity index (χ1v) is 13.3. The van der Waals surface area contributed by atoms with Crippen LogP contribution >= 0.6 is 0 Å². The van der Waals surface area contributed by atoms with E-state index in [1.54, 1.807) is 10.6 Å². The van der Waals surface area contributed by atoms with Gasteiger partial charge in [0.2, 0.25) is 0 Å². The van der Waals surface area contributed by atoms with Crippen LogP contribution in [-0.2, 0) is 13.2 Å². The van der Waals surface area contributed by atoms with Crippen molar-refractivity contribution in [1.82, 2.24) is 19.2 Å². The number of benzene rings is 3. The van der Waals surface area contributed by atoms with Crippen molar-refractivity contribution in [1.29, 1.82) is 0 Å². The number of fused-ring (bicyclic) bond motifs is 1. The van der Waals surface area contributed by atoms with E-state index in [-0.39, 0.29) is 5.56 Å². The maximum absolute atomic E-state index is 13.2. The molecule has 0 aliphatic carbocycles. The summed E-state index contributed by atoms with van der Waals surface area (Å²) in [5.41, 5.74) is 6.00. The number of pyridine rings is 1. The van der Waals surface area contributed by atoms with Gasteiger partial charge in [0.1, 0.15) is 12.4 Å². The van der Waals surface area contributed by atoms with Gasteiger partial charge in [-0.1, -0.05) is 36.4 Å². The first kappa shape index (κ1) is 24.2. The molecule has 38 heavy (non-hydrogen) atoms. The van der Waals surface area contributed by atoms with Gasteiger partial charge in [0.15, 0.2) is 0 Å². The number of aromatic nitrogens is 3. The molecule has 192 valence electrons. The molecule has 6 heteroatoms. The van der Waals surface area contributed by atoms with Crippen molar-refractivity contribution in [3.63, 3.8) is 0 Å². The van der Waals surface area contributed by atoms with E-state index < -0.39 is 0 Å². The summed E-state index contributed by atoms with van der Waals surface area (Å²) in [6.45, 7) is 6.86. The third kappa shape index (κ3) is 5.13. The van der Waals surface area contributed by atoms with Crippen molar-refractivity contribution in [2.75, 3.05) is 19.6 Å². The average molecular weight is 505 g/mol. The van der Waals surface area contributed by atoms with E-state index in [1.807, 2.05) is 73.9 Å². The van der Waals surface area contributed by atoms with Crippen LogP contribution in [-0.4, -0.2) is 38.9 Å². The van der Waals surface area contributed by atoms with Gasteiger partial charge in [0, 0.05) is 29.9 Å². The van der Waals surface area contributed by atoms with Gasteiger partial charge in [-0.2, -0.15) is 5.10 Å². The van der Waals surface area contributed by atoms with Crippen LogP contribution in [0.2, 0.25) is 0 Å². The number of rotatable bonds is 8. The van der Waals surface area contributed by atoms with Gasteiger partial charge in [-0.3, -0.25) is 14.0 Å². The minimum absolute atomic E-state index is 0.0629. The first-order chi connectivity index (χ1) is 18.6. The quantitative estimate of drug-likeness (QED) is 0.267. The molecule has 5 aromatic rings. The summed E-state index contributed by atoms with van der Waals surface area (Å²) in [7, 11) is 0. The number of likely N-dealkylation sites (tertiary alicyclic amines) is 1. The average Bonchev–Trinajstić information content (AvgIpc) is 3.61. The normalized spacial score (nSPS) is 13.8. The Morgan fingerprint density at radius 3 is 2.53 bits per heavy atom. The second kappa shape index (κ2) is 10.7. The van der Waals surface area contributed by atoms with Gasteiger partial charge >= 0.3 is 0 Å². The summed E-state index contributed by atoms with van der Waals surface area (Å²) < 4.78 is 9.73. The van der Waals surface area contributed by atoms with Crippen molar-refractivity contribution in [2.24, 2.45) is 0 Å². The van der Waals surface area contributed by atoms with Crippen LogP contribution in [0.15, 0.2) is 96.1 Å². The zero-order chi connectivity index (χ0) is 25.9. The highest BCUT2D eigenvalue weighted by atomic mass is 16.5. The highest BCUT2D eigenvalue weighted by Crippen LogP contribution is 2.27. The largest absolute Gasteiger partial charge is 0.489 e. The fraction of sp³-hybridized carbons (Fsp3) is 0.250. The molecule has 0 bridgehead atoms. The van der Waals surface area contributed by atoms with E-state index in [2.05, 4.69) is 32.9 Å². The maximum Gasteiger partial charge on any atom is 0.255 e. The fourth-order valence-corrected chi connectivity index (χ4v) is 5.30. The topological polar surface area (TPSA) is 52.3 Å². The molecule has 0 spiro atoms. The SMILES string of the molecule is Cc1cc(OCc2ccccc2)ccc1-c1ccn(-c2ccc3c(cnn3CCN3CCCC3)c2)c(=O)c1. The molecule has 0 saturated carbocycles. The summed E-state index contributed by atoms with van der Waals surface area (Å²) in [5, 5.41) is 5.65. The predicted octanol–water partition coefficient (Wildman–Crippen LogP) is 5.84. The molecule has 2 aromatic heterocycles. The highest BCUT2D eigenvalue weighted by molar-refractivity contribution is 5.81. The Kier molecular flexibility index (Phi) is 6.80. The Balaban J connectivity index is 1.18. The van der Waals surface area contributed by atoms with Crippen molar-refractivity contribution < 1.29 is 4.74 Å². The molecule has 1 aliphatic rings. The smallest absolute Gasteiger partial charge is 0.255 e. The zero-order valence-electron chi connectivity index (χ0n) is 21.7. The van der Waals surface area contributed by atoms with E-state index in [1.165, 1.54) is 25.9 Å². The van der Waals surface area contributed by atoms with Gasteiger partial charge in [-0.05, 0) is 91.5 Å². The molecule has 1 fully saturated rings.